The SMILES string of the molecule is C#C.CC.CC(=O)OCC1(CO)CCC[C@@H](C)C1.CCC. The summed E-state index contributed by atoms with van der Waals surface area (Å²) < 4.78 is 5.03. The Hall–Kier alpha value is -1.01. The van der Waals surface area contributed by atoms with Crippen molar-refractivity contribution in [3.8, 4) is 12.8 Å². The van der Waals surface area contributed by atoms with Crippen LogP contribution in [0.25, 0.3) is 0 Å². The van der Waals surface area contributed by atoms with Gasteiger partial charge < -0.3 is 9.84 Å². The Bertz CT molecular complexity index is 248. The number of hydrogen-bond donors (Lipinski definition) is 1. The van der Waals surface area contributed by atoms with Gasteiger partial charge in [0.25, 0.3) is 0 Å². The van der Waals surface area contributed by atoms with E-state index < -0.39 is 0 Å². The first-order valence-corrected chi connectivity index (χ1v) is 8.07. The third-order valence-electron chi connectivity index (χ3n) is 3.10. The van der Waals surface area contributed by atoms with Crippen LogP contribution in [0.4, 0.5) is 0 Å². The molecular weight excluding hydrogens is 264 g/mol. The first kappa shape index (κ1) is 25.0. The second-order valence-electron chi connectivity index (χ2n) is 5.35. The van der Waals surface area contributed by atoms with Crippen LogP contribution in [0.15, 0.2) is 0 Å². The highest BCUT2D eigenvalue weighted by molar-refractivity contribution is 5.65. The molecule has 1 fully saturated rings. The second kappa shape index (κ2) is 17.0. The van der Waals surface area contributed by atoms with Gasteiger partial charge in [-0.05, 0) is 18.8 Å². The minimum Gasteiger partial charge on any atom is -0.465 e. The molecule has 1 aliphatic carbocycles. The Morgan fingerprint density at radius 1 is 1.33 bits per heavy atom. The molecule has 0 bridgehead atoms. The normalized spacial score (nSPS) is 23.0. The summed E-state index contributed by atoms with van der Waals surface area (Å²) in [5, 5.41) is 9.38. The molecule has 1 N–H and O–H groups in total. The average molecular weight is 300 g/mol. The summed E-state index contributed by atoms with van der Waals surface area (Å²) in [7, 11) is 0. The molecule has 0 spiro atoms. The molecule has 0 amide bonds. The van der Waals surface area contributed by atoms with Crippen LogP contribution in [-0.4, -0.2) is 24.3 Å². The van der Waals surface area contributed by atoms with Gasteiger partial charge in [0.05, 0.1) is 13.2 Å². The van der Waals surface area contributed by atoms with Crippen molar-refractivity contribution in [2.75, 3.05) is 13.2 Å². The third kappa shape index (κ3) is 13.7. The molecule has 0 radical (unpaired) electrons. The molecule has 1 rings (SSSR count). The van der Waals surface area contributed by atoms with Crippen molar-refractivity contribution in [3.05, 3.63) is 0 Å². The Balaban J connectivity index is -0.000000399. The maximum atomic E-state index is 10.7. The van der Waals surface area contributed by atoms with E-state index in [0.717, 1.165) is 19.3 Å². The number of esters is 1. The minimum atomic E-state index is -0.254. The van der Waals surface area contributed by atoms with Crippen LogP contribution in [-0.2, 0) is 9.53 Å². The molecule has 0 aromatic carbocycles. The zero-order valence-electron chi connectivity index (χ0n) is 14.9. The summed E-state index contributed by atoms with van der Waals surface area (Å²) in [6.07, 6.45) is 13.5. The summed E-state index contributed by atoms with van der Waals surface area (Å²) in [6, 6.07) is 0. The number of hydrogen-bond acceptors (Lipinski definition) is 3. The van der Waals surface area contributed by atoms with Gasteiger partial charge in [0.1, 0.15) is 0 Å². The lowest BCUT2D eigenvalue weighted by Crippen LogP contribution is -2.36. The summed E-state index contributed by atoms with van der Waals surface area (Å²) in [5.41, 5.74) is -0.163. The lowest BCUT2D eigenvalue weighted by Gasteiger charge is -2.37. The first-order chi connectivity index (χ1) is 9.99. The molecular formula is C18H36O3. The van der Waals surface area contributed by atoms with Crippen LogP contribution < -0.4 is 0 Å². The highest BCUT2D eigenvalue weighted by Gasteiger charge is 2.35. The molecule has 0 saturated heterocycles. The molecule has 1 unspecified atom stereocenters. The predicted octanol–water partition coefficient (Wildman–Crippen LogP) is 4.43. The Morgan fingerprint density at radius 3 is 2.14 bits per heavy atom. The third-order valence-corrected chi connectivity index (χ3v) is 3.10. The number of ether oxygens (including phenoxy) is 1. The van der Waals surface area contributed by atoms with E-state index in [4.69, 9.17) is 4.74 Å². The molecule has 0 aliphatic heterocycles. The van der Waals surface area contributed by atoms with E-state index in [1.807, 2.05) is 13.8 Å². The second-order valence-corrected chi connectivity index (χ2v) is 5.35. The molecule has 1 saturated carbocycles. The van der Waals surface area contributed by atoms with Crippen LogP contribution in [0.3, 0.4) is 0 Å². The van der Waals surface area contributed by atoms with Crippen LogP contribution in [0.5, 0.6) is 0 Å². The monoisotopic (exact) mass is 300 g/mol. The molecule has 2 atom stereocenters. The Labute approximate surface area is 132 Å². The van der Waals surface area contributed by atoms with Crippen molar-refractivity contribution < 1.29 is 14.6 Å². The van der Waals surface area contributed by atoms with Crippen LogP contribution in [0.1, 0.15) is 73.6 Å². The van der Waals surface area contributed by atoms with Gasteiger partial charge >= 0.3 is 5.97 Å². The zero-order chi connectivity index (χ0) is 17.3. The summed E-state index contributed by atoms with van der Waals surface area (Å²) in [6.45, 7) is 12.4. The van der Waals surface area contributed by atoms with E-state index >= 15 is 0 Å². The highest BCUT2D eigenvalue weighted by atomic mass is 16.5. The maximum Gasteiger partial charge on any atom is 0.302 e. The lowest BCUT2D eigenvalue weighted by molar-refractivity contribution is -0.147. The topological polar surface area (TPSA) is 46.5 Å². The standard InChI is InChI=1S/C11H20O3.C3H8.C2H6.C2H2/c1-9-4-3-5-11(6-9,7-12)8-14-10(2)13;1-3-2;2*1-2/h9,12H,3-8H2,1-2H3;3H2,1-2H3;1-2H3;1-2H/t9-,11?;;;/m1.../s1. The minimum absolute atomic E-state index is 0.130. The maximum absolute atomic E-state index is 10.7. The van der Waals surface area contributed by atoms with Crippen molar-refractivity contribution >= 4 is 5.97 Å². The van der Waals surface area contributed by atoms with Gasteiger partial charge in [0.2, 0.25) is 0 Å². The quantitative estimate of drug-likeness (QED) is 0.619. The summed E-state index contributed by atoms with van der Waals surface area (Å²) >= 11 is 0. The number of terminal acetylenes is 1. The van der Waals surface area contributed by atoms with Gasteiger partial charge in [-0.1, -0.05) is 53.9 Å². The van der Waals surface area contributed by atoms with Crippen LogP contribution in [0, 0.1) is 24.2 Å². The lowest BCUT2D eigenvalue weighted by atomic mass is 9.71. The Kier molecular flexibility index (Phi) is 20.3. The van der Waals surface area contributed by atoms with E-state index in [0.29, 0.717) is 12.5 Å². The predicted molar refractivity (Wildman–Crippen MR) is 91.0 cm³/mol. The zero-order valence-corrected chi connectivity index (χ0v) is 14.9. The van der Waals surface area contributed by atoms with E-state index in [1.54, 1.807) is 0 Å². The summed E-state index contributed by atoms with van der Waals surface area (Å²) in [4.78, 5) is 10.7. The number of rotatable bonds is 3. The molecule has 126 valence electrons. The van der Waals surface area contributed by atoms with Gasteiger partial charge in [-0.25, -0.2) is 0 Å². The van der Waals surface area contributed by atoms with E-state index in [9.17, 15) is 9.90 Å². The van der Waals surface area contributed by atoms with Crippen molar-refractivity contribution in [2.24, 2.45) is 11.3 Å². The molecule has 1 aliphatic rings. The van der Waals surface area contributed by atoms with Crippen molar-refractivity contribution in [2.45, 2.75) is 73.6 Å². The molecule has 0 aromatic heterocycles. The number of carbonyl (C=O) groups excluding carboxylic acids is 1. The van der Waals surface area contributed by atoms with Crippen LogP contribution >= 0.6 is 0 Å². The smallest absolute Gasteiger partial charge is 0.302 e. The molecule has 0 heterocycles. The molecule has 0 aromatic rings. The number of aliphatic hydroxyl groups is 1. The van der Waals surface area contributed by atoms with E-state index in [-0.39, 0.29) is 18.0 Å². The fourth-order valence-electron chi connectivity index (χ4n) is 2.34. The van der Waals surface area contributed by atoms with Crippen LogP contribution in [0.2, 0.25) is 0 Å². The van der Waals surface area contributed by atoms with Crippen molar-refractivity contribution in [3.63, 3.8) is 0 Å². The highest BCUT2D eigenvalue weighted by Crippen LogP contribution is 2.39. The number of aliphatic hydroxyl groups excluding tert-OH is 1. The van der Waals surface area contributed by atoms with Crippen molar-refractivity contribution in [1.29, 1.82) is 0 Å². The largest absolute Gasteiger partial charge is 0.465 e. The fourth-order valence-corrected chi connectivity index (χ4v) is 2.34. The summed E-state index contributed by atoms with van der Waals surface area (Å²) in [5.74, 6) is 0.377. The molecule has 3 nitrogen and oxygen atoms in total. The van der Waals surface area contributed by atoms with Crippen molar-refractivity contribution in [1.82, 2.24) is 0 Å². The van der Waals surface area contributed by atoms with Gasteiger partial charge in [-0.3, -0.25) is 4.79 Å². The van der Waals surface area contributed by atoms with Gasteiger partial charge in [-0.15, -0.1) is 12.8 Å². The van der Waals surface area contributed by atoms with Gasteiger partial charge in [0.15, 0.2) is 0 Å². The van der Waals surface area contributed by atoms with E-state index in [1.165, 1.54) is 19.8 Å². The van der Waals surface area contributed by atoms with Gasteiger partial charge in [0, 0.05) is 12.3 Å². The van der Waals surface area contributed by atoms with E-state index in [2.05, 4.69) is 33.6 Å². The molecule has 3 heteroatoms. The first-order valence-electron chi connectivity index (χ1n) is 8.07. The molecule has 21 heavy (non-hydrogen) atoms. The number of carbonyl (C=O) groups is 1. The van der Waals surface area contributed by atoms with Gasteiger partial charge in [-0.2, -0.15) is 0 Å². The average Bonchev–Trinajstić information content (AvgIpc) is 2.50. The Morgan fingerprint density at radius 2 is 1.81 bits per heavy atom. The fraction of sp³-hybridized carbons (Fsp3) is 0.833.